The third kappa shape index (κ3) is 5.04. The van der Waals surface area contributed by atoms with Gasteiger partial charge in [-0.15, -0.1) is 0 Å². The first kappa shape index (κ1) is 27.7. The van der Waals surface area contributed by atoms with Crippen molar-refractivity contribution in [2.45, 2.75) is 26.8 Å². The van der Waals surface area contributed by atoms with Crippen molar-refractivity contribution in [3.05, 3.63) is 101 Å². The van der Waals surface area contributed by atoms with Crippen molar-refractivity contribution in [1.82, 2.24) is 4.57 Å². The normalized spacial score (nSPS) is 15.1. The van der Waals surface area contributed by atoms with Gasteiger partial charge in [-0.2, -0.15) is 0 Å². The van der Waals surface area contributed by atoms with Crippen LogP contribution in [-0.4, -0.2) is 31.4 Å². The molecule has 8 nitrogen and oxygen atoms in total. The van der Waals surface area contributed by atoms with Gasteiger partial charge in [0.15, 0.2) is 16.3 Å². The minimum atomic E-state index is -0.770. The lowest BCUT2D eigenvalue weighted by Crippen LogP contribution is -2.39. The second-order valence-electron chi connectivity index (χ2n) is 9.10. The molecule has 4 aromatic rings. The van der Waals surface area contributed by atoms with Gasteiger partial charge in [0.2, 0.25) is 0 Å². The molecule has 0 unspecified atom stereocenters. The van der Waals surface area contributed by atoms with Crippen molar-refractivity contribution in [3.63, 3.8) is 0 Å². The van der Waals surface area contributed by atoms with E-state index >= 15 is 0 Å². The Morgan fingerprint density at radius 2 is 1.88 bits per heavy atom. The molecule has 1 aliphatic heterocycles. The van der Waals surface area contributed by atoms with Crippen molar-refractivity contribution in [1.29, 1.82) is 0 Å². The predicted octanol–water partition coefficient (Wildman–Crippen LogP) is 5.15. The van der Waals surface area contributed by atoms with E-state index in [4.69, 9.17) is 18.6 Å². The van der Waals surface area contributed by atoms with Crippen molar-refractivity contribution >= 4 is 39.3 Å². The van der Waals surface area contributed by atoms with Crippen LogP contribution in [0, 0.1) is 6.92 Å². The summed E-state index contributed by atoms with van der Waals surface area (Å²) in [5.74, 6) is 1.68. The van der Waals surface area contributed by atoms with E-state index < -0.39 is 12.0 Å². The maximum absolute atomic E-state index is 13.9. The number of thiazole rings is 1. The van der Waals surface area contributed by atoms with Gasteiger partial charge in [-0.1, -0.05) is 39.4 Å². The van der Waals surface area contributed by atoms with E-state index in [0.717, 1.165) is 15.6 Å². The number of furan rings is 1. The van der Waals surface area contributed by atoms with Gasteiger partial charge in [-0.05, 0) is 68.3 Å². The second-order valence-corrected chi connectivity index (χ2v) is 11.0. The van der Waals surface area contributed by atoms with Gasteiger partial charge < -0.3 is 18.6 Å². The highest BCUT2D eigenvalue weighted by molar-refractivity contribution is 9.10. The average molecular weight is 624 g/mol. The van der Waals surface area contributed by atoms with Gasteiger partial charge in [0, 0.05) is 16.1 Å². The summed E-state index contributed by atoms with van der Waals surface area (Å²) in [7, 11) is 3.08. The number of esters is 1. The smallest absolute Gasteiger partial charge is 0.338 e. The Morgan fingerprint density at radius 3 is 2.58 bits per heavy atom. The molecule has 1 atom stereocenters. The van der Waals surface area contributed by atoms with Crippen LogP contribution < -0.4 is 24.4 Å². The van der Waals surface area contributed by atoms with Crippen LogP contribution in [0.25, 0.3) is 17.4 Å². The number of carbonyl (C=O) groups is 1. The van der Waals surface area contributed by atoms with Crippen molar-refractivity contribution in [3.8, 4) is 22.8 Å². The zero-order valence-electron chi connectivity index (χ0n) is 22.6. The topological polar surface area (TPSA) is 92.3 Å². The van der Waals surface area contributed by atoms with Crippen LogP contribution in [0.2, 0.25) is 0 Å². The molecular formula is C30H27BrN2O6S. The van der Waals surface area contributed by atoms with Gasteiger partial charge in [0.05, 0.1) is 42.7 Å². The van der Waals surface area contributed by atoms with Crippen molar-refractivity contribution < 1.29 is 23.4 Å². The predicted molar refractivity (Wildman–Crippen MR) is 157 cm³/mol. The number of aryl methyl sites for hydroxylation is 1. The fraction of sp³-hybridized carbons (Fsp3) is 0.233. The number of fused-ring (bicyclic) bond motifs is 1. The molecule has 0 saturated carbocycles. The summed E-state index contributed by atoms with van der Waals surface area (Å²) in [6.45, 7) is 5.69. The highest BCUT2D eigenvalue weighted by Crippen LogP contribution is 2.36. The molecule has 206 valence electrons. The molecule has 0 saturated heterocycles. The Bertz CT molecular complexity index is 1830. The zero-order valence-corrected chi connectivity index (χ0v) is 25.0. The van der Waals surface area contributed by atoms with Crippen molar-refractivity contribution in [2.75, 3.05) is 20.8 Å². The average Bonchev–Trinajstić information content (AvgIpc) is 3.51. The van der Waals surface area contributed by atoms with Gasteiger partial charge in [-0.3, -0.25) is 9.36 Å². The fourth-order valence-electron chi connectivity index (χ4n) is 4.65. The van der Waals surface area contributed by atoms with E-state index in [2.05, 4.69) is 20.9 Å². The summed E-state index contributed by atoms with van der Waals surface area (Å²) in [6, 6.07) is 14.2. The molecule has 3 heterocycles. The molecule has 0 radical (unpaired) electrons. The second kappa shape index (κ2) is 11.3. The van der Waals surface area contributed by atoms with Crippen LogP contribution in [0.15, 0.2) is 78.5 Å². The molecule has 2 aromatic carbocycles. The first-order chi connectivity index (χ1) is 19.2. The largest absolute Gasteiger partial charge is 0.493 e. The molecule has 2 aromatic heterocycles. The van der Waals surface area contributed by atoms with Gasteiger partial charge in [-0.25, -0.2) is 9.79 Å². The summed E-state index contributed by atoms with van der Waals surface area (Å²) in [4.78, 5) is 32.1. The molecule has 0 amide bonds. The number of hydrogen-bond acceptors (Lipinski definition) is 8. The SMILES string of the molecule is CCOC(=O)C1=C(C)N=c2s/c(=C\c3ccc(-c4ccc(C)cc4Br)o3)c(=O)n2[C@@H]1c1ccc(OC)c(OC)c1. The van der Waals surface area contributed by atoms with E-state index in [1.807, 2.05) is 37.3 Å². The standard InChI is InChI=1S/C30H27BrN2O6S/c1-6-38-29(35)26-17(3)32-30-33(27(26)18-8-11-23(36-4)24(14-18)37-5)28(34)25(40-30)15-19-9-12-22(39-19)20-10-7-16(2)13-21(20)31/h7-15,27H,6H2,1-5H3/b25-15-/t27-/m1/s1. The third-order valence-electron chi connectivity index (χ3n) is 6.53. The van der Waals surface area contributed by atoms with Crippen molar-refractivity contribution in [2.24, 2.45) is 4.99 Å². The maximum Gasteiger partial charge on any atom is 0.338 e. The first-order valence-electron chi connectivity index (χ1n) is 12.5. The molecule has 0 bridgehead atoms. The summed E-state index contributed by atoms with van der Waals surface area (Å²) < 4.78 is 25.2. The van der Waals surface area contributed by atoms with Gasteiger partial charge >= 0.3 is 5.97 Å². The maximum atomic E-state index is 13.9. The number of halogens is 1. The van der Waals surface area contributed by atoms with E-state index in [-0.39, 0.29) is 17.7 Å². The number of methoxy groups -OCH3 is 2. The Labute approximate surface area is 243 Å². The number of ether oxygens (including phenoxy) is 3. The van der Waals surface area contributed by atoms with E-state index in [0.29, 0.717) is 43.6 Å². The van der Waals surface area contributed by atoms with E-state index in [1.54, 1.807) is 45.2 Å². The summed E-state index contributed by atoms with van der Waals surface area (Å²) in [5.41, 5.74) is 3.17. The van der Waals surface area contributed by atoms with Gasteiger partial charge in [0.1, 0.15) is 11.5 Å². The molecule has 1 aliphatic rings. The van der Waals surface area contributed by atoms with E-state index in [1.165, 1.54) is 23.0 Å². The highest BCUT2D eigenvalue weighted by atomic mass is 79.9. The number of carbonyl (C=O) groups excluding carboxylic acids is 1. The molecule has 0 fully saturated rings. The Hall–Kier alpha value is -3.89. The van der Waals surface area contributed by atoms with Crippen LogP contribution in [0.4, 0.5) is 0 Å². The Kier molecular flexibility index (Phi) is 7.82. The summed E-state index contributed by atoms with van der Waals surface area (Å²) >= 11 is 4.83. The molecule has 0 spiro atoms. The molecule has 10 heteroatoms. The van der Waals surface area contributed by atoms with Crippen LogP contribution in [0.3, 0.4) is 0 Å². The molecule has 0 N–H and O–H groups in total. The fourth-order valence-corrected chi connectivity index (χ4v) is 6.37. The van der Waals surface area contributed by atoms with Crippen LogP contribution >= 0.6 is 27.3 Å². The minimum absolute atomic E-state index is 0.191. The summed E-state index contributed by atoms with van der Waals surface area (Å²) in [5, 5.41) is 0. The monoisotopic (exact) mass is 622 g/mol. The third-order valence-corrected chi connectivity index (χ3v) is 8.17. The van der Waals surface area contributed by atoms with Crippen LogP contribution in [0.1, 0.15) is 36.8 Å². The lowest BCUT2D eigenvalue weighted by molar-refractivity contribution is -0.139. The minimum Gasteiger partial charge on any atom is -0.493 e. The molecule has 40 heavy (non-hydrogen) atoms. The zero-order chi connectivity index (χ0) is 28.6. The number of hydrogen-bond donors (Lipinski definition) is 0. The van der Waals surface area contributed by atoms with E-state index in [9.17, 15) is 9.59 Å². The van der Waals surface area contributed by atoms with Crippen LogP contribution in [-0.2, 0) is 9.53 Å². The quantitative estimate of drug-likeness (QED) is 0.265. The van der Waals surface area contributed by atoms with Crippen LogP contribution in [0.5, 0.6) is 11.5 Å². The number of benzene rings is 2. The molecular weight excluding hydrogens is 596 g/mol. The number of nitrogens with zero attached hydrogens (tertiary/aromatic N) is 2. The van der Waals surface area contributed by atoms with Gasteiger partial charge in [0.25, 0.3) is 5.56 Å². The lowest BCUT2D eigenvalue weighted by atomic mass is 9.95. The Morgan fingerprint density at radius 1 is 1.10 bits per heavy atom. The lowest BCUT2D eigenvalue weighted by Gasteiger charge is -2.25. The Balaban J connectivity index is 1.65. The number of rotatable bonds is 7. The molecule has 5 rings (SSSR count). The highest BCUT2D eigenvalue weighted by Gasteiger charge is 2.34. The summed E-state index contributed by atoms with van der Waals surface area (Å²) in [6.07, 6.45) is 1.70. The number of allylic oxidation sites excluding steroid dienone is 1. The number of aromatic nitrogens is 1. The first-order valence-corrected chi connectivity index (χ1v) is 14.1. The molecule has 0 aliphatic carbocycles.